The van der Waals surface area contributed by atoms with E-state index in [2.05, 4.69) is 6.92 Å². The van der Waals surface area contributed by atoms with Gasteiger partial charge in [-0.1, -0.05) is 67.8 Å². The number of piperidine rings is 1. The van der Waals surface area contributed by atoms with Gasteiger partial charge in [0.15, 0.2) is 0 Å². The van der Waals surface area contributed by atoms with E-state index in [1.807, 2.05) is 37.3 Å². The first kappa shape index (κ1) is 24.8. The highest BCUT2D eigenvalue weighted by atomic mass is 32.2. The van der Waals surface area contributed by atoms with Crippen molar-refractivity contribution in [3.8, 4) is 0 Å². The van der Waals surface area contributed by atoms with E-state index in [1.165, 1.54) is 4.31 Å². The molecule has 2 aromatic rings. The summed E-state index contributed by atoms with van der Waals surface area (Å²) in [4.78, 5) is 12.4. The van der Waals surface area contributed by atoms with E-state index in [0.29, 0.717) is 12.0 Å². The molecule has 0 radical (unpaired) electrons. The Morgan fingerprint density at radius 2 is 1.78 bits per heavy atom. The molecule has 0 aliphatic carbocycles. The maximum absolute atomic E-state index is 13.8. The van der Waals surface area contributed by atoms with Gasteiger partial charge in [0, 0.05) is 11.8 Å². The van der Waals surface area contributed by atoms with E-state index in [9.17, 15) is 18.3 Å². The minimum absolute atomic E-state index is 0.0179. The standard InChI is InChI=1S/C25H33NO4S2/c1-4-5-8-15-31-23-16-22(20-13-11-18(2)12-14-20)26(17-21(23)25(27)28)32(29,30)24-10-7-6-9-19(24)3/h6-7,9-14,21-23H,4-5,8,15-17H2,1-3H3,(H,27,28)/t21-,22+,23-/m1/s1. The predicted octanol–water partition coefficient (Wildman–Crippen LogP) is 5.43. The van der Waals surface area contributed by atoms with Crippen molar-refractivity contribution in [3.63, 3.8) is 0 Å². The van der Waals surface area contributed by atoms with E-state index in [0.717, 1.165) is 36.1 Å². The van der Waals surface area contributed by atoms with Gasteiger partial charge in [-0.15, -0.1) is 0 Å². The number of thioether (sulfide) groups is 1. The molecule has 3 atom stereocenters. The Labute approximate surface area is 196 Å². The fourth-order valence-corrected chi connectivity index (χ4v) is 7.58. The van der Waals surface area contributed by atoms with Crippen LogP contribution in [0.1, 0.15) is 55.3 Å². The van der Waals surface area contributed by atoms with Crippen molar-refractivity contribution >= 4 is 27.8 Å². The van der Waals surface area contributed by atoms with Crippen molar-refractivity contribution in [2.24, 2.45) is 5.92 Å². The second kappa shape index (κ2) is 10.9. The average molecular weight is 476 g/mol. The number of nitrogens with zero attached hydrogens (tertiary/aromatic N) is 1. The van der Waals surface area contributed by atoms with Crippen molar-refractivity contribution in [1.29, 1.82) is 0 Å². The molecule has 1 heterocycles. The number of carboxylic acid groups (broad SMARTS) is 1. The molecule has 32 heavy (non-hydrogen) atoms. The zero-order valence-corrected chi connectivity index (χ0v) is 20.7. The summed E-state index contributed by atoms with van der Waals surface area (Å²) in [6.45, 7) is 5.90. The largest absolute Gasteiger partial charge is 0.481 e. The monoisotopic (exact) mass is 475 g/mol. The van der Waals surface area contributed by atoms with Gasteiger partial charge in [-0.2, -0.15) is 16.1 Å². The average Bonchev–Trinajstić information content (AvgIpc) is 2.77. The normalized spacial score (nSPS) is 22.0. The van der Waals surface area contributed by atoms with Gasteiger partial charge in [-0.25, -0.2) is 8.42 Å². The molecule has 1 fully saturated rings. The minimum atomic E-state index is -3.86. The molecule has 7 heteroatoms. The summed E-state index contributed by atoms with van der Waals surface area (Å²) >= 11 is 1.68. The summed E-state index contributed by atoms with van der Waals surface area (Å²) in [5.74, 6) is -0.763. The van der Waals surface area contributed by atoms with Gasteiger partial charge in [-0.05, 0) is 49.6 Å². The molecule has 0 bridgehead atoms. The maximum atomic E-state index is 13.8. The van der Waals surface area contributed by atoms with Crippen molar-refractivity contribution in [2.45, 2.75) is 62.6 Å². The predicted molar refractivity (Wildman–Crippen MR) is 131 cm³/mol. The number of carbonyl (C=O) groups is 1. The highest BCUT2D eigenvalue weighted by Gasteiger charge is 2.45. The highest BCUT2D eigenvalue weighted by molar-refractivity contribution is 7.99. The molecule has 174 valence electrons. The second-order valence-electron chi connectivity index (χ2n) is 8.56. The van der Waals surface area contributed by atoms with Gasteiger partial charge in [0.2, 0.25) is 10.0 Å². The number of aryl methyl sites for hydroxylation is 2. The second-order valence-corrected chi connectivity index (χ2v) is 11.8. The highest BCUT2D eigenvalue weighted by Crippen LogP contribution is 2.42. The zero-order valence-electron chi connectivity index (χ0n) is 19.0. The number of unbranched alkanes of at least 4 members (excludes halogenated alkanes) is 2. The Morgan fingerprint density at radius 3 is 2.41 bits per heavy atom. The van der Waals surface area contributed by atoms with Crippen LogP contribution in [0.4, 0.5) is 0 Å². The van der Waals surface area contributed by atoms with Crippen LogP contribution in [0.5, 0.6) is 0 Å². The molecule has 0 spiro atoms. The van der Waals surface area contributed by atoms with Crippen molar-refractivity contribution in [1.82, 2.24) is 4.31 Å². The number of hydrogen-bond donors (Lipinski definition) is 1. The molecule has 1 saturated heterocycles. The first-order valence-electron chi connectivity index (χ1n) is 11.2. The summed E-state index contributed by atoms with van der Waals surface area (Å²) < 4.78 is 29.0. The van der Waals surface area contributed by atoms with E-state index < -0.39 is 21.9 Å². The number of sulfonamides is 1. The van der Waals surface area contributed by atoms with Crippen LogP contribution in [0.25, 0.3) is 0 Å². The maximum Gasteiger partial charge on any atom is 0.308 e. The molecule has 0 aromatic heterocycles. The van der Waals surface area contributed by atoms with E-state index in [-0.39, 0.29) is 22.7 Å². The lowest BCUT2D eigenvalue weighted by Crippen LogP contribution is -2.49. The SMILES string of the molecule is CCCCCS[C@@H]1C[C@@H](c2ccc(C)cc2)N(S(=O)(=O)c2ccccc2C)C[C@H]1C(=O)O. The van der Waals surface area contributed by atoms with E-state index >= 15 is 0 Å². The molecule has 2 aromatic carbocycles. The van der Waals surface area contributed by atoms with Gasteiger partial charge in [0.05, 0.1) is 16.9 Å². The first-order chi connectivity index (χ1) is 15.3. The Bertz CT molecular complexity index is 1020. The fourth-order valence-electron chi connectivity index (χ4n) is 4.28. The van der Waals surface area contributed by atoms with Crippen LogP contribution in [0, 0.1) is 19.8 Å². The molecule has 0 amide bonds. The lowest BCUT2D eigenvalue weighted by molar-refractivity contribution is -0.143. The third-order valence-corrected chi connectivity index (χ3v) is 9.68. The summed E-state index contributed by atoms with van der Waals surface area (Å²) in [5.41, 5.74) is 2.68. The number of rotatable bonds is 9. The van der Waals surface area contributed by atoms with Gasteiger partial charge < -0.3 is 5.11 Å². The number of hydrogen-bond acceptors (Lipinski definition) is 4. The van der Waals surface area contributed by atoms with Crippen molar-refractivity contribution in [2.75, 3.05) is 12.3 Å². The molecule has 5 nitrogen and oxygen atoms in total. The van der Waals surface area contributed by atoms with Gasteiger partial charge in [0.25, 0.3) is 0 Å². The summed E-state index contributed by atoms with van der Waals surface area (Å²) in [6.07, 6.45) is 3.76. The Hall–Kier alpha value is -1.83. The molecule has 3 rings (SSSR count). The Morgan fingerprint density at radius 1 is 1.09 bits per heavy atom. The smallest absolute Gasteiger partial charge is 0.308 e. The van der Waals surface area contributed by atoms with Crippen LogP contribution >= 0.6 is 11.8 Å². The van der Waals surface area contributed by atoms with Gasteiger partial charge >= 0.3 is 5.97 Å². The van der Waals surface area contributed by atoms with Crippen LogP contribution in [0.15, 0.2) is 53.4 Å². The summed E-state index contributed by atoms with van der Waals surface area (Å²) in [5, 5.41) is 9.85. The van der Waals surface area contributed by atoms with E-state index in [1.54, 1.807) is 36.9 Å². The van der Waals surface area contributed by atoms with Crippen LogP contribution in [0.2, 0.25) is 0 Å². The lowest BCUT2D eigenvalue weighted by atomic mass is 9.90. The fraction of sp³-hybridized carbons (Fsp3) is 0.480. The van der Waals surface area contributed by atoms with Crippen LogP contribution in [0.3, 0.4) is 0 Å². The third kappa shape index (κ3) is 5.56. The lowest BCUT2D eigenvalue weighted by Gasteiger charge is -2.42. The molecular weight excluding hydrogens is 442 g/mol. The zero-order chi connectivity index (χ0) is 23.3. The summed E-state index contributed by atoms with van der Waals surface area (Å²) in [7, 11) is -3.86. The number of carboxylic acids is 1. The molecule has 0 saturated carbocycles. The minimum Gasteiger partial charge on any atom is -0.481 e. The quantitative estimate of drug-likeness (QED) is 0.489. The molecule has 1 aliphatic rings. The van der Waals surface area contributed by atoms with Crippen LogP contribution in [-0.2, 0) is 14.8 Å². The van der Waals surface area contributed by atoms with Crippen molar-refractivity contribution in [3.05, 3.63) is 65.2 Å². The first-order valence-corrected chi connectivity index (χ1v) is 13.7. The molecule has 1 N–H and O–H groups in total. The number of aliphatic carboxylic acids is 1. The van der Waals surface area contributed by atoms with E-state index in [4.69, 9.17) is 0 Å². The summed E-state index contributed by atoms with van der Waals surface area (Å²) in [6, 6.07) is 14.4. The molecule has 1 aliphatic heterocycles. The third-order valence-electron chi connectivity index (χ3n) is 6.17. The number of benzene rings is 2. The topological polar surface area (TPSA) is 74.7 Å². The molecular formula is C25H33NO4S2. The Kier molecular flexibility index (Phi) is 8.42. The van der Waals surface area contributed by atoms with Crippen LogP contribution in [-0.4, -0.2) is 41.3 Å². The van der Waals surface area contributed by atoms with Crippen LogP contribution < -0.4 is 0 Å². The van der Waals surface area contributed by atoms with Gasteiger partial charge in [-0.3, -0.25) is 4.79 Å². The van der Waals surface area contributed by atoms with Gasteiger partial charge in [0.1, 0.15) is 0 Å². The molecule has 0 unspecified atom stereocenters. The van der Waals surface area contributed by atoms with Crippen molar-refractivity contribution < 1.29 is 18.3 Å². The Balaban J connectivity index is 2.00.